The van der Waals surface area contributed by atoms with Gasteiger partial charge in [0.05, 0.1) is 13.1 Å². The van der Waals surface area contributed by atoms with Crippen LogP contribution in [0.3, 0.4) is 0 Å². The zero-order valence-corrected chi connectivity index (χ0v) is 8.95. The summed E-state index contributed by atoms with van der Waals surface area (Å²) < 4.78 is 4.44. The van der Waals surface area contributed by atoms with Gasteiger partial charge in [0.15, 0.2) is 0 Å². The van der Waals surface area contributed by atoms with Gasteiger partial charge in [0.1, 0.15) is 0 Å². The molecule has 0 amide bonds. The topological polar surface area (TPSA) is 46.6 Å². The summed E-state index contributed by atoms with van der Waals surface area (Å²) >= 11 is 0. The summed E-state index contributed by atoms with van der Waals surface area (Å²) in [5.74, 6) is 0.172. The molecule has 80 valence electrons. The molecule has 1 fully saturated rings. The Hall–Kier alpha value is -0.900. The Morgan fingerprint density at radius 3 is 2.14 bits per heavy atom. The van der Waals surface area contributed by atoms with Crippen LogP contribution < -0.4 is 0 Å². The predicted octanol–water partition coefficient (Wildman–Crippen LogP) is 0.664. The predicted molar refractivity (Wildman–Crippen MR) is 51.5 cm³/mol. The molecule has 1 heterocycles. The maximum absolute atomic E-state index is 11.0. The van der Waals surface area contributed by atoms with Crippen molar-refractivity contribution >= 4 is 11.9 Å². The molecule has 0 aromatic carbocycles. The van der Waals surface area contributed by atoms with Gasteiger partial charge in [-0.05, 0) is 11.8 Å². The van der Waals surface area contributed by atoms with Crippen molar-refractivity contribution in [2.45, 2.75) is 20.8 Å². The van der Waals surface area contributed by atoms with Crippen LogP contribution in [0.2, 0.25) is 0 Å². The van der Waals surface area contributed by atoms with Crippen molar-refractivity contribution in [3.63, 3.8) is 0 Å². The van der Waals surface area contributed by atoms with Gasteiger partial charge in [-0.3, -0.25) is 14.5 Å². The molecule has 4 nitrogen and oxygen atoms in total. The van der Waals surface area contributed by atoms with Gasteiger partial charge in [-0.2, -0.15) is 0 Å². The molecule has 1 unspecified atom stereocenters. The first-order valence-electron chi connectivity index (χ1n) is 4.95. The van der Waals surface area contributed by atoms with E-state index in [4.69, 9.17) is 0 Å². The quantitative estimate of drug-likeness (QED) is 0.495. The molecule has 4 heteroatoms. The molecule has 0 bridgehead atoms. The number of nitrogens with zero attached hydrogens (tertiary/aromatic N) is 1. The van der Waals surface area contributed by atoms with Crippen LogP contribution in [0.4, 0.5) is 0 Å². The average Bonchev–Trinajstić information content (AvgIpc) is 2.01. The van der Waals surface area contributed by atoms with E-state index in [1.807, 2.05) is 4.90 Å². The van der Waals surface area contributed by atoms with E-state index >= 15 is 0 Å². The lowest BCUT2D eigenvalue weighted by atomic mass is 9.97. The smallest absolute Gasteiger partial charge is 0.327 e. The van der Waals surface area contributed by atoms with Crippen LogP contribution in [0.25, 0.3) is 0 Å². The van der Waals surface area contributed by atoms with Crippen molar-refractivity contribution in [3.8, 4) is 0 Å². The van der Waals surface area contributed by atoms with Gasteiger partial charge < -0.3 is 4.74 Å². The van der Waals surface area contributed by atoms with Crippen molar-refractivity contribution in [2.24, 2.45) is 11.8 Å². The normalized spacial score (nSPS) is 21.1. The first-order valence-corrected chi connectivity index (χ1v) is 4.95. The first-order chi connectivity index (χ1) is 6.49. The summed E-state index contributed by atoms with van der Waals surface area (Å²) in [7, 11) is 0. The van der Waals surface area contributed by atoms with Gasteiger partial charge in [-0.1, -0.05) is 20.8 Å². The fraction of sp³-hybridized carbons (Fsp3) is 0.800. The van der Waals surface area contributed by atoms with Gasteiger partial charge in [0.25, 0.3) is 0 Å². The minimum Gasteiger partial charge on any atom is -0.391 e. The number of carbonyl (C=O) groups excluding carboxylic acids is 2. The molecule has 0 aromatic heterocycles. The third-order valence-corrected chi connectivity index (χ3v) is 2.62. The molecule has 0 spiro atoms. The molecular weight excluding hydrogens is 182 g/mol. The van der Waals surface area contributed by atoms with Crippen LogP contribution in [-0.2, 0) is 14.3 Å². The van der Waals surface area contributed by atoms with Gasteiger partial charge in [0, 0.05) is 6.54 Å². The highest BCUT2D eigenvalue weighted by molar-refractivity contribution is 5.90. The zero-order chi connectivity index (χ0) is 10.7. The molecule has 14 heavy (non-hydrogen) atoms. The molecular formula is C10H17NO3. The van der Waals surface area contributed by atoms with Crippen LogP contribution in [0.15, 0.2) is 0 Å². The van der Waals surface area contributed by atoms with Crippen LogP contribution in [0, 0.1) is 11.8 Å². The number of esters is 2. The molecule has 0 aliphatic carbocycles. The van der Waals surface area contributed by atoms with Crippen LogP contribution in [0.5, 0.6) is 0 Å². The minimum atomic E-state index is -0.433. The van der Waals surface area contributed by atoms with Crippen LogP contribution in [0.1, 0.15) is 20.8 Å². The summed E-state index contributed by atoms with van der Waals surface area (Å²) in [5.41, 5.74) is 0. The van der Waals surface area contributed by atoms with Gasteiger partial charge in [0.2, 0.25) is 0 Å². The molecule has 1 rings (SSSR count). The Morgan fingerprint density at radius 2 is 1.71 bits per heavy atom. The second-order valence-electron chi connectivity index (χ2n) is 4.24. The number of rotatable bonds is 3. The standard InChI is InChI=1S/C10H17NO3/c1-7(2)8(3)4-11-5-9(12)14-10(13)6-11/h7-8H,4-6H2,1-3H3. The second-order valence-corrected chi connectivity index (χ2v) is 4.24. The number of ether oxygens (including phenoxy) is 1. The van der Waals surface area contributed by atoms with Crippen molar-refractivity contribution < 1.29 is 14.3 Å². The van der Waals surface area contributed by atoms with E-state index in [2.05, 4.69) is 25.5 Å². The fourth-order valence-electron chi connectivity index (χ4n) is 1.36. The summed E-state index contributed by atoms with van der Waals surface area (Å²) in [4.78, 5) is 23.7. The number of hydrogen-bond donors (Lipinski definition) is 0. The second kappa shape index (κ2) is 4.55. The molecule has 1 saturated heterocycles. The highest BCUT2D eigenvalue weighted by atomic mass is 16.6. The monoisotopic (exact) mass is 199 g/mol. The Morgan fingerprint density at radius 1 is 1.21 bits per heavy atom. The fourth-order valence-corrected chi connectivity index (χ4v) is 1.36. The van der Waals surface area contributed by atoms with Gasteiger partial charge in [-0.25, -0.2) is 0 Å². The van der Waals surface area contributed by atoms with E-state index in [9.17, 15) is 9.59 Å². The van der Waals surface area contributed by atoms with Crippen molar-refractivity contribution in [2.75, 3.05) is 19.6 Å². The number of hydrogen-bond acceptors (Lipinski definition) is 4. The largest absolute Gasteiger partial charge is 0.391 e. The maximum atomic E-state index is 11.0. The maximum Gasteiger partial charge on any atom is 0.327 e. The highest BCUT2D eigenvalue weighted by Crippen LogP contribution is 2.12. The van der Waals surface area contributed by atoms with E-state index in [1.165, 1.54) is 0 Å². The van der Waals surface area contributed by atoms with Crippen molar-refractivity contribution in [1.82, 2.24) is 4.90 Å². The molecule has 0 aromatic rings. The Balaban J connectivity index is 2.44. The zero-order valence-electron chi connectivity index (χ0n) is 8.95. The lowest BCUT2D eigenvalue weighted by Gasteiger charge is -2.28. The number of cyclic esters (lactones) is 2. The SMILES string of the molecule is CC(C)C(C)CN1CC(=O)OC(=O)C1. The third kappa shape index (κ3) is 3.10. The molecule has 0 saturated carbocycles. The minimum absolute atomic E-state index is 0.239. The third-order valence-electron chi connectivity index (χ3n) is 2.62. The molecule has 1 aliphatic heterocycles. The van der Waals surface area contributed by atoms with Crippen LogP contribution >= 0.6 is 0 Å². The summed E-state index contributed by atoms with van der Waals surface area (Å²) in [6.07, 6.45) is 0. The lowest BCUT2D eigenvalue weighted by Crippen LogP contribution is -2.45. The molecule has 0 radical (unpaired) electrons. The molecule has 1 aliphatic rings. The first kappa shape index (κ1) is 11.2. The van der Waals surface area contributed by atoms with Gasteiger partial charge >= 0.3 is 11.9 Å². The lowest BCUT2D eigenvalue weighted by molar-refractivity contribution is -0.167. The highest BCUT2D eigenvalue weighted by Gasteiger charge is 2.26. The Labute approximate surface area is 84.2 Å². The summed E-state index contributed by atoms with van der Waals surface area (Å²) in [5, 5.41) is 0. The van der Waals surface area contributed by atoms with Gasteiger partial charge in [-0.15, -0.1) is 0 Å². The van der Waals surface area contributed by atoms with E-state index in [1.54, 1.807) is 0 Å². The number of carbonyl (C=O) groups is 2. The number of morpholine rings is 1. The van der Waals surface area contributed by atoms with Crippen LogP contribution in [-0.4, -0.2) is 36.5 Å². The molecule has 0 N–H and O–H groups in total. The Bertz CT molecular complexity index is 222. The van der Waals surface area contributed by atoms with Crippen molar-refractivity contribution in [1.29, 1.82) is 0 Å². The molecule has 1 atom stereocenters. The van der Waals surface area contributed by atoms with E-state index < -0.39 is 11.9 Å². The average molecular weight is 199 g/mol. The summed E-state index contributed by atoms with van der Waals surface area (Å²) in [6.45, 7) is 7.64. The van der Waals surface area contributed by atoms with E-state index in [0.29, 0.717) is 11.8 Å². The van der Waals surface area contributed by atoms with Crippen molar-refractivity contribution in [3.05, 3.63) is 0 Å². The summed E-state index contributed by atoms with van der Waals surface area (Å²) in [6, 6.07) is 0. The van der Waals surface area contributed by atoms with E-state index in [-0.39, 0.29) is 13.1 Å². The Kier molecular flexibility index (Phi) is 3.63. The van der Waals surface area contributed by atoms with E-state index in [0.717, 1.165) is 6.54 Å².